The minimum absolute atomic E-state index is 0.0303. The van der Waals surface area contributed by atoms with Crippen LogP contribution in [0.5, 0.6) is 5.75 Å². The Labute approximate surface area is 193 Å². The average molecular weight is 450 g/mol. The fraction of sp³-hybridized carbons (Fsp3) is 0.480. The number of aromatic nitrogens is 2. The third-order valence-electron chi connectivity index (χ3n) is 7.35. The Morgan fingerprint density at radius 2 is 1.91 bits per heavy atom. The highest BCUT2D eigenvalue weighted by molar-refractivity contribution is 5.97. The molecule has 8 nitrogen and oxygen atoms in total. The van der Waals surface area contributed by atoms with Gasteiger partial charge in [0.1, 0.15) is 11.3 Å². The molecule has 174 valence electrons. The van der Waals surface area contributed by atoms with Gasteiger partial charge >= 0.3 is 0 Å². The topological polar surface area (TPSA) is 104 Å². The Balaban J connectivity index is 1.40. The van der Waals surface area contributed by atoms with Crippen LogP contribution in [0, 0.1) is 0 Å². The summed E-state index contributed by atoms with van der Waals surface area (Å²) in [6, 6.07) is 9.16. The van der Waals surface area contributed by atoms with E-state index in [0.29, 0.717) is 28.3 Å². The van der Waals surface area contributed by atoms with Gasteiger partial charge in [-0.15, -0.1) is 10.2 Å². The molecule has 0 saturated carbocycles. The molecule has 2 fully saturated rings. The number of amides is 1. The Hall–Kier alpha value is -3.13. The molecular formula is C25H31N5O3. The van der Waals surface area contributed by atoms with Crippen molar-refractivity contribution < 1.29 is 14.3 Å². The van der Waals surface area contributed by atoms with E-state index >= 15 is 0 Å². The predicted molar refractivity (Wildman–Crippen MR) is 128 cm³/mol. The number of phenols is 1. The van der Waals surface area contributed by atoms with Gasteiger partial charge in [-0.25, -0.2) is 0 Å². The summed E-state index contributed by atoms with van der Waals surface area (Å²) in [5.74, 6) is 0.731. The van der Waals surface area contributed by atoms with E-state index in [1.807, 2.05) is 12.1 Å². The van der Waals surface area contributed by atoms with E-state index in [1.54, 1.807) is 19.2 Å². The van der Waals surface area contributed by atoms with Crippen molar-refractivity contribution in [2.75, 3.05) is 19.0 Å². The van der Waals surface area contributed by atoms with E-state index in [9.17, 15) is 9.90 Å². The third-order valence-corrected chi connectivity index (χ3v) is 7.35. The van der Waals surface area contributed by atoms with E-state index in [0.717, 1.165) is 18.7 Å². The monoisotopic (exact) mass is 449 g/mol. The van der Waals surface area contributed by atoms with Crippen LogP contribution in [-0.4, -0.2) is 52.4 Å². The van der Waals surface area contributed by atoms with Crippen LogP contribution in [0.15, 0.2) is 34.7 Å². The number of nitrogens with zero attached hydrogens (tertiary/aromatic N) is 3. The second-order valence-corrected chi connectivity index (χ2v) is 10.1. The number of anilines is 1. The maximum absolute atomic E-state index is 11.9. The summed E-state index contributed by atoms with van der Waals surface area (Å²) >= 11 is 0. The molecule has 1 aromatic carbocycles. The molecule has 3 aromatic rings. The molecule has 2 bridgehead atoms. The van der Waals surface area contributed by atoms with Gasteiger partial charge in [0.15, 0.2) is 11.6 Å². The molecule has 0 spiro atoms. The summed E-state index contributed by atoms with van der Waals surface area (Å²) in [7, 11) is 3.64. The summed E-state index contributed by atoms with van der Waals surface area (Å²) < 4.78 is 5.54. The normalized spacial score (nSPS) is 26.8. The summed E-state index contributed by atoms with van der Waals surface area (Å²) in [6.07, 6.45) is 5.84. The average Bonchev–Trinajstić information content (AvgIpc) is 3.19. The molecule has 0 radical (unpaired) electrons. The van der Waals surface area contributed by atoms with Gasteiger partial charge in [0, 0.05) is 48.2 Å². The minimum Gasteiger partial charge on any atom is -0.507 e. The zero-order valence-electron chi connectivity index (χ0n) is 19.6. The second kappa shape index (κ2) is 7.73. The van der Waals surface area contributed by atoms with Crippen molar-refractivity contribution in [2.45, 2.75) is 63.1 Å². The van der Waals surface area contributed by atoms with Crippen LogP contribution in [0.4, 0.5) is 5.82 Å². The van der Waals surface area contributed by atoms with Crippen LogP contribution < -0.4 is 15.5 Å². The first-order chi connectivity index (χ1) is 15.7. The molecule has 2 aromatic heterocycles. The lowest BCUT2D eigenvalue weighted by Gasteiger charge is -2.55. The van der Waals surface area contributed by atoms with Crippen molar-refractivity contribution in [3.05, 3.63) is 36.1 Å². The molecule has 4 heterocycles. The standard InChI is InChI=1S/C25H31N5O3/c1-24-8-5-9-25(2,29-24)14-16(13-24)30(4)22-7-6-18(27-28-22)17-10-15-11-21(23(32)26-3)33-20(15)12-19(17)31/h6-7,10-12,16,29,31H,5,8-9,13-14H2,1-4H3,(H,26,32)/t16?,24-,25+. The van der Waals surface area contributed by atoms with Gasteiger partial charge in [-0.05, 0) is 70.2 Å². The second-order valence-electron chi connectivity index (χ2n) is 10.1. The molecule has 3 atom stereocenters. The molecule has 33 heavy (non-hydrogen) atoms. The fourth-order valence-corrected chi connectivity index (χ4v) is 5.78. The quantitative estimate of drug-likeness (QED) is 0.556. The lowest BCUT2D eigenvalue weighted by Crippen LogP contribution is -2.66. The minimum atomic E-state index is -0.316. The molecule has 1 amide bonds. The smallest absolute Gasteiger partial charge is 0.286 e. The van der Waals surface area contributed by atoms with Crippen LogP contribution in [0.2, 0.25) is 0 Å². The molecule has 2 saturated heterocycles. The molecule has 2 aliphatic rings. The zero-order chi connectivity index (χ0) is 23.4. The van der Waals surface area contributed by atoms with Crippen molar-refractivity contribution in [3.63, 3.8) is 0 Å². The maximum atomic E-state index is 11.9. The van der Waals surface area contributed by atoms with Gasteiger partial charge < -0.3 is 25.1 Å². The molecule has 0 aliphatic carbocycles. The molecule has 1 unspecified atom stereocenters. The van der Waals surface area contributed by atoms with Crippen LogP contribution in [0.1, 0.15) is 56.5 Å². The van der Waals surface area contributed by atoms with Crippen LogP contribution in [-0.2, 0) is 0 Å². The van der Waals surface area contributed by atoms with E-state index in [2.05, 4.69) is 46.6 Å². The molecule has 3 N–H and O–H groups in total. The van der Waals surface area contributed by atoms with E-state index in [1.165, 1.54) is 25.3 Å². The first-order valence-electron chi connectivity index (χ1n) is 11.5. The fourth-order valence-electron chi connectivity index (χ4n) is 5.78. The zero-order valence-corrected chi connectivity index (χ0v) is 19.6. The highest BCUT2D eigenvalue weighted by atomic mass is 16.3. The molecule has 2 aliphatic heterocycles. The van der Waals surface area contributed by atoms with E-state index in [4.69, 9.17) is 4.42 Å². The number of hydrogen-bond acceptors (Lipinski definition) is 7. The van der Waals surface area contributed by atoms with Crippen LogP contribution in [0.3, 0.4) is 0 Å². The lowest BCUT2D eigenvalue weighted by atomic mass is 9.69. The van der Waals surface area contributed by atoms with Gasteiger partial charge in [-0.3, -0.25) is 4.79 Å². The number of fused-ring (bicyclic) bond motifs is 3. The van der Waals surface area contributed by atoms with Crippen LogP contribution in [0.25, 0.3) is 22.2 Å². The number of hydrogen-bond donors (Lipinski definition) is 3. The first-order valence-corrected chi connectivity index (χ1v) is 11.5. The van der Waals surface area contributed by atoms with Crippen molar-refractivity contribution in [2.24, 2.45) is 0 Å². The summed E-state index contributed by atoms with van der Waals surface area (Å²) in [5, 5.41) is 26.6. The van der Waals surface area contributed by atoms with Gasteiger partial charge in [0.05, 0.1) is 5.69 Å². The van der Waals surface area contributed by atoms with Gasteiger partial charge in [0.2, 0.25) is 0 Å². The van der Waals surface area contributed by atoms with Gasteiger partial charge in [-0.2, -0.15) is 0 Å². The number of carbonyl (C=O) groups is 1. The van der Waals surface area contributed by atoms with Crippen molar-refractivity contribution in [1.29, 1.82) is 0 Å². The van der Waals surface area contributed by atoms with Crippen molar-refractivity contribution >= 4 is 22.7 Å². The largest absolute Gasteiger partial charge is 0.507 e. The SMILES string of the molecule is CNC(=O)c1cc2cc(-c3ccc(N(C)C4C[C@]5(C)CCC[C@](C)(C4)N5)nn3)c(O)cc2o1. The number of piperidine rings is 2. The van der Waals surface area contributed by atoms with Gasteiger partial charge in [-0.1, -0.05) is 0 Å². The number of rotatable bonds is 4. The number of carbonyl (C=O) groups excluding carboxylic acids is 1. The molecule has 5 rings (SSSR count). The van der Waals surface area contributed by atoms with E-state index < -0.39 is 0 Å². The number of benzene rings is 1. The van der Waals surface area contributed by atoms with Crippen LogP contribution >= 0.6 is 0 Å². The Morgan fingerprint density at radius 3 is 2.55 bits per heavy atom. The highest BCUT2D eigenvalue weighted by Crippen LogP contribution is 2.42. The first kappa shape index (κ1) is 21.7. The number of furan rings is 1. The predicted octanol–water partition coefficient (Wildman–Crippen LogP) is 3.84. The van der Waals surface area contributed by atoms with E-state index in [-0.39, 0.29) is 28.5 Å². The maximum Gasteiger partial charge on any atom is 0.286 e. The summed E-state index contributed by atoms with van der Waals surface area (Å²) in [4.78, 5) is 14.1. The van der Waals surface area contributed by atoms with Crippen molar-refractivity contribution in [1.82, 2.24) is 20.8 Å². The highest BCUT2D eigenvalue weighted by Gasteiger charge is 2.46. The molecule has 8 heteroatoms. The lowest BCUT2D eigenvalue weighted by molar-refractivity contribution is 0.0784. The Morgan fingerprint density at radius 1 is 1.18 bits per heavy atom. The third kappa shape index (κ3) is 3.93. The summed E-state index contributed by atoms with van der Waals surface area (Å²) in [5.41, 5.74) is 1.88. The number of aromatic hydroxyl groups is 1. The molecular weight excluding hydrogens is 418 g/mol. The Bertz CT molecular complexity index is 1190. The summed E-state index contributed by atoms with van der Waals surface area (Å²) in [6.45, 7) is 4.67. The Kier molecular flexibility index (Phi) is 5.08. The van der Waals surface area contributed by atoms with Gasteiger partial charge in [0.25, 0.3) is 5.91 Å². The number of nitrogens with one attached hydrogen (secondary N) is 2. The van der Waals surface area contributed by atoms with Crippen molar-refractivity contribution in [3.8, 4) is 17.0 Å². The number of phenolic OH excluding ortho intramolecular Hbond substituents is 1.